The van der Waals surface area contributed by atoms with E-state index >= 15 is 0 Å². The van der Waals surface area contributed by atoms with Crippen LogP contribution in [-0.4, -0.2) is 21.4 Å². The summed E-state index contributed by atoms with van der Waals surface area (Å²) in [5.41, 5.74) is 1.46. The maximum absolute atomic E-state index is 6.11. The molecule has 0 aromatic heterocycles. The minimum Gasteiger partial charge on any atom is -0.379 e. The molecule has 100 valence electrons. The average molecular weight is 254 g/mol. The van der Waals surface area contributed by atoms with Crippen LogP contribution < -0.4 is 0 Å². The summed E-state index contributed by atoms with van der Waals surface area (Å²) in [4.78, 5) is 0. The van der Waals surface area contributed by atoms with Crippen LogP contribution in [0.25, 0.3) is 0 Å². The molecule has 1 rings (SSSR count). The van der Waals surface area contributed by atoms with Crippen LogP contribution in [0.2, 0.25) is 6.55 Å². The van der Waals surface area contributed by atoms with Gasteiger partial charge in [-0.1, -0.05) is 31.0 Å². The average Bonchev–Trinajstić information content (AvgIpc) is 2.34. The van der Waals surface area contributed by atoms with Crippen molar-refractivity contribution in [3.05, 3.63) is 11.6 Å². The van der Waals surface area contributed by atoms with Gasteiger partial charge < -0.3 is 4.74 Å². The third-order valence-electron chi connectivity index (χ3n) is 3.97. The highest BCUT2D eigenvalue weighted by Gasteiger charge is 2.30. The number of hydrogen-bond acceptors (Lipinski definition) is 1. The fourth-order valence-electron chi connectivity index (χ4n) is 2.72. The molecule has 0 radical (unpaired) electrons. The second kappa shape index (κ2) is 8.10. The molecule has 0 saturated carbocycles. The molecule has 1 atom stereocenters. The van der Waals surface area contributed by atoms with Crippen LogP contribution in [0, 0.1) is 0 Å². The van der Waals surface area contributed by atoms with E-state index in [0.29, 0.717) is 5.22 Å². The van der Waals surface area contributed by atoms with Gasteiger partial charge in [0, 0.05) is 6.61 Å². The van der Waals surface area contributed by atoms with Gasteiger partial charge in [0.05, 0.1) is 14.7 Å². The fourth-order valence-corrected chi connectivity index (χ4v) is 4.28. The zero-order chi connectivity index (χ0) is 12.6. The maximum atomic E-state index is 6.11. The normalized spacial score (nSPS) is 25.4. The molecule has 1 unspecified atom stereocenters. The Morgan fingerprint density at radius 2 is 2.06 bits per heavy atom. The Hall–Kier alpha value is -0.0831. The highest BCUT2D eigenvalue weighted by molar-refractivity contribution is 6.37. The largest absolute Gasteiger partial charge is 0.379 e. The van der Waals surface area contributed by atoms with E-state index in [4.69, 9.17) is 4.74 Å². The van der Waals surface area contributed by atoms with Crippen LogP contribution in [-0.2, 0) is 4.74 Å². The van der Waals surface area contributed by atoms with E-state index in [1.807, 2.05) is 0 Å². The molecule has 0 aromatic rings. The van der Waals surface area contributed by atoms with Crippen molar-refractivity contribution in [2.24, 2.45) is 0 Å². The minimum absolute atomic E-state index is 0.0251. The second-order valence-electron chi connectivity index (χ2n) is 5.72. The van der Waals surface area contributed by atoms with Gasteiger partial charge in [0.25, 0.3) is 0 Å². The lowest BCUT2D eigenvalue weighted by Gasteiger charge is -2.36. The molecule has 0 aliphatic carbocycles. The topological polar surface area (TPSA) is 9.23 Å². The van der Waals surface area contributed by atoms with Crippen LogP contribution in [0.4, 0.5) is 0 Å². The number of rotatable bonds is 7. The summed E-state index contributed by atoms with van der Waals surface area (Å²) in [5, 5.41) is 0.384. The first-order chi connectivity index (χ1) is 8.18. The molecule has 0 amide bonds. The third kappa shape index (κ3) is 5.87. The van der Waals surface area contributed by atoms with Crippen molar-refractivity contribution < 1.29 is 4.74 Å². The van der Waals surface area contributed by atoms with Gasteiger partial charge in [0.1, 0.15) is 0 Å². The molecular formula is C15H30OSi. The Balaban J connectivity index is 2.13. The molecule has 0 aromatic carbocycles. The van der Waals surface area contributed by atoms with Crippen molar-refractivity contribution in [1.29, 1.82) is 0 Å². The van der Waals surface area contributed by atoms with Crippen molar-refractivity contribution >= 4 is 9.52 Å². The number of allylic oxidation sites excluding steroid dienone is 2. The van der Waals surface area contributed by atoms with E-state index in [9.17, 15) is 0 Å². The molecule has 0 N–H and O–H groups in total. The van der Waals surface area contributed by atoms with Gasteiger partial charge in [-0.15, -0.1) is 0 Å². The summed E-state index contributed by atoms with van der Waals surface area (Å²) in [6.07, 6.45) is 13.1. The van der Waals surface area contributed by atoms with Crippen LogP contribution in [0.3, 0.4) is 0 Å². The summed E-state index contributed by atoms with van der Waals surface area (Å²) in [7, 11) is -0.0251. The number of unbranched alkanes of at least 4 members (excludes halogenated alkanes) is 3. The molecule has 0 spiro atoms. The summed E-state index contributed by atoms with van der Waals surface area (Å²) in [6.45, 7) is 7.83. The third-order valence-corrected chi connectivity index (χ3v) is 6.17. The lowest BCUT2D eigenvalue weighted by Crippen LogP contribution is -2.41. The van der Waals surface area contributed by atoms with E-state index < -0.39 is 0 Å². The molecule has 0 bridgehead atoms. The van der Waals surface area contributed by atoms with E-state index in [0.717, 1.165) is 6.61 Å². The number of ether oxygens (including phenoxy) is 1. The Morgan fingerprint density at radius 1 is 1.24 bits per heavy atom. The summed E-state index contributed by atoms with van der Waals surface area (Å²) in [6, 6.07) is 0. The quantitative estimate of drug-likeness (QED) is 0.379. The van der Waals surface area contributed by atoms with Crippen molar-refractivity contribution in [2.75, 3.05) is 6.61 Å². The second-order valence-corrected chi connectivity index (χ2v) is 7.72. The van der Waals surface area contributed by atoms with E-state index in [1.54, 1.807) is 0 Å². The Labute approximate surface area is 110 Å². The zero-order valence-corrected chi connectivity index (χ0v) is 13.5. The van der Waals surface area contributed by atoms with Crippen LogP contribution in [0.15, 0.2) is 11.6 Å². The smallest absolute Gasteiger partial charge is 0.0564 e. The van der Waals surface area contributed by atoms with Gasteiger partial charge >= 0.3 is 0 Å². The number of hydrogen-bond donors (Lipinski definition) is 0. The Morgan fingerprint density at radius 3 is 2.65 bits per heavy atom. The maximum Gasteiger partial charge on any atom is 0.0564 e. The van der Waals surface area contributed by atoms with E-state index in [2.05, 4.69) is 26.5 Å². The van der Waals surface area contributed by atoms with Crippen LogP contribution >= 0.6 is 0 Å². The molecular weight excluding hydrogens is 224 g/mol. The standard InChI is InChI=1S/C15H30OSi/c1-14(2)10-6-4-5-7-11-15(17-3)12-8-9-13-16-15/h10H,4-9,11-13,17H2,1-3H3. The summed E-state index contributed by atoms with van der Waals surface area (Å²) < 4.78 is 6.11. The van der Waals surface area contributed by atoms with Gasteiger partial charge in [0.2, 0.25) is 0 Å². The van der Waals surface area contributed by atoms with Gasteiger partial charge in [-0.2, -0.15) is 0 Å². The van der Waals surface area contributed by atoms with Gasteiger partial charge in [0.15, 0.2) is 0 Å². The highest BCUT2D eigenvalue weighted by Crippen LogP contribution is 2.29. The molecule has 1 nitrogen and oxygen atoms in total. The molecule has 1 heterocycles. The summed E-state index contributed by atoms with van der Waals surface area (Å²) in [5.74, 6) is 0. The first kappa shape index (κ1) is 15.0. The van der Waals surface area contributed by atoms with E-state index in [-0.39, 0.29) is 9.52 Å². The monoisotopic (exact) mass is 254 g/mol. The molecule has 17 heavy (non-hydrogen) atoms. The zero-order valence-electron chi connectivity index (χ0n) is 12.1. The molecule has 1 saturated heterocycles. The first-order valence-electron chi connectivity index (χ1n) is 7.46. The Bertz CT molecular complexity index is 225. The van der Waals surface area contributed by atoms with Crippen LogP contribution in [0.1, 0.15) is 65.2 Å². The van der Waals surface area contributed by atoms with Gasteiger partial charge in [-0.3, -0.25) is 0 Å². The molecule has 1 aliphatic heterocycles. The first-order valence-corrected chi connectivity index (χ1v) is 9.58. The predicted octanol–water partition coefficient (Wildman–Crippen LogP) is 4.02. The van der Waals surface area contributed by atoms with Crippen molar-refractivity contribution in [1.82, 2.24) is 0 Å². The predicted molar refractivity (Wildman–Crippen MR) is 79.5 cm³/mol. The Kier molecular flexibility index (Phi) is 7.13. The minimum atomic E-state index is -0.0251. The summed E-state index contributed by atoms with van der Waals surface area (Å²) >= 11 is 0. The van der Waals surface area contributed by atoms with E-state index in [1.165, 1.54) is 56.9 Å². The van der Waals surface area contributed by atoms with Crippen molar-refractivity contribution in [2.45, 2.75) is 77.0 Å². The van der Waals surface area contributed by atoms with Crippen LogP contribution in [0.5, 0.6) is 0 Å². The SMILES string of the molecule is C[SiH2]C1(CCCCCC=C(C)C)CCCCO1. The molecule has 1 aliphatic rings. The van der Waals surface area contributed by atoms with Crippen molar-refractivity contribution in [3.63, 3.8) is 0 Å². The highest BCUT2D eigenvalue weighted by atomic mass is 28.2. The fraction of sp³-hybridized carbons (Fsp3) is 0.867. The van der Waals surface area contributed by atoms with Crippen molar-refractivity contribution in [3.8, 4) is 0 Å². The molecule has 1 fully saturated rings. The van der Waals surface area contributed by atoms with Gasteiger partial charge in [-0.25, -0.2) is 0 Å². The lowest BCUT2D eigenvalue weighted by atomic mass is 10.0. The lowest BCUT2D eigenvalue weighted by molar-refractivity contribution is -0.0264. The molecule has 2 heteroatoms. The van der Waals surface area contributed by atoms with Gasteiger partial charge in [-0.05, 0) is 52.4 Å².